The Kier molecular flexibility index (Phi) is 4.15. The van der Waals surface area contributed by atoms with Crippen LogP contribution in [-0.2, 0) is 11.4 Å². The first kappa shape index (κ1) is 13.1. The van der Waals surface area contributed by atoms with Gasteiger partial charge in [0.2, 0.25) is 0 Å². The molecule has 98 valence electrons. The Morgan fingerprint density at radius 2 is 1.74 bits per heavy atom. The largest absolute Gasteiger partial charge is 0.544 e. The predicted molar refractivity (Wildman–Crippen MR) is 67.9 cm³/mol. The van der Waals surface area contributed by atoms with Gasteiger partial charge in [0.15, 0.2) is 6.04 Å². The molecule has 0 aliphatic heterocycles. The molecule has 4 heteroatoms. The van der Waals surface area contributed by atoms with E-state index in [1.807, 2.05) is 30.3 Å². The van der Waals surface area contributed by atoms with Crippen LogP contribution in [0.4, 0.5) is 0 Å². The molecule has 0 spiro atoms. The molecule has 19 heavy (non-hydrogen) atoms. The maximum atomic E-state index is 10.7. The third kappa shape index (κ3) is 3.56. The molecule has 3 N–H and O–H groups in total. The van der Waals surface area contributed by atoms with Crippen LogP contribution in [0.1, 0.15) is 17.2 Å². The molecule has 2 rings (SSSR count). The lowest BCUT2D eigenvalue weighted by molar-refractivity contribution is -0.443. The molecule has 0 radical (unpaired) electrons. The van der Waals surface area contributed by atoms with Gasteiger partial charge in [0, 0.05) is 5.56 Å². The van der Waals surface area contributed by atoms with Crippen LogP contribution in [-0.4, -0.2) is 5.97 Å². The Bertz CT molecular complexity index is 537. The third-order valence-electron chi connectivity index (χ3n) is 2.82. The van der Waals surface area contributed by atoms with Crippen molar-refractivity contribution in [3.05, 3.63) is 65.7 Å². The van der Waals surface area contributed by atoms with E-state index in [1.54, 1.807) is 24.3 Å². The summed E-state index contributed by atoms with van der Waals surface area (Å²) in [5.41, 5.74) is 5.21. The lowest BCUT2D eigenvalue weighted by atomic mass is 10.1. The molecule has 0 unspecified atom stereocenters. The Balaban J connectivity index is 1.97. The van der Waals surface area contributed by atoms with Gasteiger partial charge in [-0.05, 0) is 29.8 Å². The summed E-state index contributed by atoms with van der Waals surface area (Å²) in [5.74, 6) is -0.490. The van der Waals surface area contributed by atoms with Crippen molar-refractivity contribution in [3.8, 4) is 5.75 Å². The number of ether oxygens (including phenoxy) is 1. The van der Waals surface area contributed by atoms with Gasteiger partial charge in [-0.1, -0.05) is 30.3 Å². The topological polar surface area (TPSA) is 77.0 Å². The molecule has 2 aromatic rings. The fraction of sp³-hybridized carbons (Fsp3) is 0.133. The van der Waals surface area contributed by atoms with E-state index in [9.17, 15) is 9.90 Å². The van der Waals surface area contributed by atoms with Crippen LogP contribution >= 0.6 is 0 Å². The highest BCUT2D eigenvalue weighted by molar-refractivity contribution is 5.71. The maximum absolute atomic E-state index is 10.7. The van der Waals surface area contributed by atoms with Gasteiger partial charge in [0.25, 0.3) is 0 Å². The summed E-state index contributed by atoms with van der Waals surface area (Å²) < 4.78 is 5.60. The van der Waals surface area contributed by atoms with Crippen LogP contribution < -0.4 is 15.6 Å². The smallest absolute Gasteiger partial charge is 0.150 e. The van der Waals surface area contributed by atoms with Gasteiger partial charge in [-0.3, -0.25) is 0 Å². The number of aliphatic carboxylic acids is 1. The molecule has 0 heterocycles. The van der Waals surface area contributed by atoms with E-state index in [2.05, 4.69) is 5.73 Å². The number of carbonyl (C=O) groups excluding carboxylic acids is 1. The van der Waals surface area contributed by atoms with Crippen LogP contribution in [0, 0.1) is 0 Å². The summed E-state index contributed by atoms with van der Waals surface area (Å²) in [6.45, 7) is 0.481. The monoisotopic (exact) mass is 257 g/mol. The van der Waals surface area contributed by atoms with Crippen LogP contribution in [0.3, 0.4) is 0 Å². The van der Waals surface area contributed by atoms with Gasteiger partial charge < -0.3 is 20.4 Å². The number of carbonyl (C=O) groups is 1. The summed E-state index contributed by atoms with van der Waals surface area (Å²) in [7, 11) is 0. The summed E-state index contributed by atoms with van der Waals surface area (Å²) in [6.07, 6.45) is 0. The summed E-state index contributed by atoms with van der Waals surface area (Å²) in [5, 5.41) is 10.7. The van der Waals surface area contributed by atoms with Crippen molar-refractivity contribution >= 4 is 5.97 Å². The van der Waals surface area contributed by atoms with Crippen molar-refractivity contribution in [2.75, 3.05) is 0 Å². The highest BCUT2D eigenvalue weighted by Crippen LogP contribution is 2.16. The number of carboxylic acids is 1. The third-order valence-corrected chi connectivity index (χ3v) is 2.82. The van der Waals surface area contributed by atoms with Crippen molar-refractivity contribution < 1.29 is 20.4 Å². The first-order valence-corrected chi connectivity index (χ1v) is 5.97. The van der Waals surface area contributed by atoms with E-state index in [4.69, 9.17) is 4.74 Å². The Labute approximate surface area is 111 Å². The number of hydrogen-bond acceptors (Lipinski definition) is 3. The molecule has 0 saturated heterocycles. The lowest BCUT2D eigenvalue weighted by Gasteiger charge is -2.11. The Hall–Kier alpha value is -2.33. The molecule has 0 saturated carbocycles. The number of quaternary nitrogens is 1. The average Bonchev–Trinajstić information content (AvgIpc) is 2.46. The summed E-state index contributed by atoms with van der Waals surface area (Å²) in [4.78, 5) is 10.7. The van der Waals surface area contributed by atoms with E-state index in [1.165, 1.54) is 0 Å². The number of carboxylic acid groups (broad SMARTS) is 1. The quantitative estimate of drug-likeness (QED) is 0.836. The zero-order chi connectivity index (χ0) is 13.7. The highest BCUT2D eigenvalue weighted by atomic mass is 16.5. The normalized spacial score (nSPS) is 11.8. The van der Waals surface area contributed by atoms with Crippen molar-refractivity contribution in [2.24, 2.45) is 0 Å². The van der Waals surface area contributed by atoms with Gasteiger partial charge >= 0.3 is 0 Å². The highest BCUT2D eigenvalue weighted by Gasteiger charge is 2.10. The zero-order valence-electron chi connectivity index (χ0n) is 10.4. The molecule has 1 atom stereocenters. The number of hydrogen-bond donors (Lipinski definition) is 1. The van der Waals surface area contributed by atoms with Gasteiger partial charge in [-0.25, -0.2) is 0 Å². The Morgan fingerprint density at radius 3 is 2.32 bits per heavy atom. The van der Waals surface area contributed by atoms with Crippen LogP contribution in [0.25, 0.3) is 0 Å². The first-order chi connectivity index (χ1) is 9.16. The molecule has 0 bridgehead atoms. The van der Waals surface area contributed by atoms with E-state index in [-0.39, 0.29) is 0 Å². The van der Waals surface area contributed by atoms with Crippen LogP contribution in [0.15, 0.2) is 54.6 Å². The molecule has 4 nitrogen and oxygen atoms in total. The zero-order valence-corrected chi connectivity index (χ0v) is 10.4. The van der Waals surface area contributed by atoms with Gasteiger partial charge in [0.1, 0.15) is 18.3 Å². The summed E-state index contributed by atoms with van der Waals surface area (Å²) >= 11 is 0. The lowest BCUT2D eigenvalue weighted by Crippen LogP contribution is -2.60. The van der Waals surface area contributed by atoms with E-state index in [0.717, 1.165) is 5.56 Å². The van der Waals surface area contributed by atoms with Gasteiger partial charge in [-0.15, -0.1) is 0 Å². The van der Waals surface area contributed by atoms with Crippen molar-refractivity contribution in [1.82, 2.24) is 0 Å². The van der Waals surface area contributed by atoms with Crippen LogP contribution in [0.5, 0.6) is 5.75 Å². The minimum Gasteiger partial charge on any atom is -0.544 e. The second-order valence-electron chi connectivity index (χ2n) is 4.21. The fourth-order valence-electron chi connectivity index (χ4n) is 1.67. The van der Waals surface area contributed by atoms with E-state index < -0.39 is 12.0 Å². The first-order valence-electron chi connectivity index (χ1n) is 5.97. The maximum Gasteiger partial charge on any atom is 0.150 e. The summed E-state index contributed by atoms with van der Waals surface area (Å²) in [6, 6.07) is 15.8. The number of benzene rings is 2. The number of rotatable bonds is 5. The van der Waals surface area contributed by atoms with Gasteiger partial charge in [-0.2, -0.15) is 0 Å². The predicted octanol–water partition coefficient (Wildman–Crippen LogP) is 0.299. The standard InChI is InChI=1S/C15H15NO3/c16-14(15(17)18)12-6-8-13(9-7-12)19-10-11-4-2-1-3-5-11/h1-9,14H,10,16H2,(H,17,18)/t14-/m0/s1. The van der Waals surface area contributed by atoms with Crippen LogP contribution in [0.2, 0.25) is 0 Å². The fourth-order valence-corrected chi connectivity index (χ4v) is 1.67. The van der Waals surface area contributed by atoms with Crippen molar-refractivity contribution in [2.45, 2.75) is 12.6 Å². The molecule has 2 aromatic carbocycles. The molecule has 0 amide bonds. The molecule has 0 aromatic heterocycles. The molecular formula is C15H15NO3. The second kappa shape index (κ2) is 6.02. The van der Waals surface area contributed by atoms with Crippen molar-refractivity contribution in [3.63, 3.8) is 0 Å². The van der Waals surface area contributed by atoms with Gasteiger partial charge in [0.05, 0.1) is 0 Å². The molecule has 0 fully saturated rings. The van der Waals surface area contributed by atoms with E-state index in [0.29, 0.717) is 17.9 Å². The second-order valence-corrected chi connectivity index (χ2v) is 4.21. The minimum atomic E-state index is -1.18. The minimum absolute atomic E-state index is 0.481. The molecule has 0 aliphatic rings. The van der Waals surface area contributed by atoms with Crippen molar-refractivity contribution in [1.29, 1.82) is 0 Å². The average molecular weight is 257 g/mol. The molecular weight excluding hydrogens is 242 g/mol. The molecule has 0 aliphatic carbocycles. The SMILES string of the molecule is [NH3+][C@H](C(=O)[O-])c1ccc(OCc2ccccc2)cc1. The van der Waals surface area contributed by atoms with E-state index >= 15 is 0 Å². The Morgan fingerprint density at radius 1 is 1.11 bits per heavy atom.